The molecule has 1 N–H and O–H groups in total. The number of hydrogen-bond donors (Lipinski definition) is 1. The highest BCUT2D eigenvalue weighted by molar-refractivity contribution is 8.26. The molecule has 20 heavy (non-hydrogen) atoms. The van der Waals surface area contributed by atoms with Crippen LogP contribution in [-0.2, 0) is 4.79 Å². The minimum atomic E-state index is -0.126. The van der Waals surface area contributed by atoms with E-state index in [4.69, 9.17) is 12.2 Å². The number of thioether (sulfide) groups is 1. The summed E-state index contributed by atoms with van der Waals surface area (Å²) in [6.07, 6.45) is 3.67. The maximum atomic E-state index is 11.7. The zero-order valence-electron chi connectivity index (χ0n) is 10.8. The van der Waals surface area contributed by atoms with Crippen LogP contribution in [0.25, 0.3) is 11.2 Å². The standard InChI is InChI=1S/C13H11N3OS3/c1-7-5-9(6-10-11(17)15-13(18)20-10)8(2)16(7)12-14-3-4-19-12/h3-6H,1-2H3,(H,15,17,18)/b10-6-. The van der Waals surface area contributed by atoms with Crippen molar-refractivity contribution in [2.45, 2.75) is 13.8 Å². The molecule has 1 fully saturated rings. The van der Waals surface area contributed by atoms with Crippen LogP contribution in [0.3, 0.4) is 0 Å². The van der Waals surface area contributed by atoms with Gasteiger partial charge in [0.1, 0.15) is 4.32 Å². The first-order valence-electron chi connectivity index (χ1n) is 5.90. The molecule has 1 saturated heterocycles. The predicted octanol–water partition coefficient (Wildman–Crippen LogP) is 3.04. The summed E-state index contributed by atoms with van der Waals surface area (Å²) in [5, 5.41) is 5.51. The Morgan fingerprint density at radius 3 is 2.85 bits per heavy atom. The van der Waals surface area contributed by atoms with E-state index >= 15 is 0 Å². The lowest BCUT2D eigenvalue weighted by atomic mass is 10.2. The Balaban J connectivity index is 2.05. The average Bonchev–Trinajstić information content (AvgIpc) is 3.04. The molecule has 0 saturated carbocycles. The third-order valence-electron chi connectivity index (χ3n) is 3.01. The molecule has 2 aromatic rings. The lowest BCUT2D eigenvalue weighted by Crippen LogP contribution is -2.17. The summed E-state index contributed by atoms with van der Waals surface area (Å²) in [5.41, 5.74) is 3.17. The second-order valence-corrected chi connectivity index (χ2v) is 6.92. The average molecular weight is 321 g/mol. The third kappa shape index (κ3) is 2.32. The minimum Gasteiger partial charge on any atom is -0.307 e. The van der Waals surface area contributed by atoms with E-state index in [-0.39, 0.29) is 5.91 Å². The van der Waals surface area contributed by atoms with Crippen molar-refractivity contribution >= 4 is 51.6 Å². The number of carbonyl (C=O) groups is 1. The fraction of sp³-hybridized carbons (Fsp3) is 0.154. The van der Waals surface area contributed by atoms with Crippen molar-refractivity contribution in [3.8, 4) is 5.13 Å². The topological polar surface area (TPSA) is 46.9 Å². The van der Waals surface area contributed by atoms with Gasteiger partial charge in [-0.1, -0.05) is 24.0 Å². The zero-order chi connectivity index (χ0) is 14.3. The molecule has 4 nitrogen and oxygen atoms in total. The summed E-state index contributed by atoms with van der Waals surface area (Å²) in [4.78, 5) is 16.7. The molecule has 1 aliphatic heterocycles. The first-order chi connectivity index (χ1) is 9.56. The van der Waals surface area contributed by atoms with E-state index in [2.05, 4.69) is 20.9 Å². The second kappa shape index (κ2) is 5.16. The van der Waals surface area contributed by atoms with Crippen molar-refractivity contribution in [1.82, 2.24) is 14.9 Å². The number of thiocarbonyl (C=S) groups is 1. The maximum absolute atomic E-state index is 11.7. The molecular weight excluding hydrogens is 310 g/mol. The molecule has 0 aromatic carbocycles. The molecule has 0 spiro atoms. The van der Waals surface area contributed by atoms with Crippen molar-refractivity contribution in [1.29, 1.82) is 0 Å². The number of amides is 1. The van der Waals surface area contributed by atoms with E-state index in [0.29, 0.717) is 9.23 Å². The molecule has 1 amide bonds. The maximum Gasteiger partial charge on any atom is 0.263 e. The molecule has 0 atom stereocenters. The predicted molar refractivity (Wildman–Crippen MR) is 87.2 cm³/mol. The smallest absolute Gasteiger partial charge is 0.263 e. The SMILES string of the molecule is Cc1cc(/C=C2\SC(=S)NC2=O)c(C)n1-c1nccs1. The van der Waals surface area contributed by atoms with Gasteiger partial charge in [0.05, 0.1) is 4.91 Å². The normalized spacial score (nSPS) is 17.0. The molecular formula is C13H11N3OS3. The first kappa shape index (κ1) is 13.5. The van der Waals surface area contributed by atoms with Gasteiger partial charge < -0.3 is 5.32 Å². The molecule has 3 heterocycles. The van der Waals surface area contributed by atoms with Crippen molar-refractivity contribution in [3.05, 3.63) is 39.5 Å². The van der Waals surface area contributed by atoms with Crippen LogP contribution in [0.2, 0.25) is 0 Å². The summed E-state index contributed by atoms with van der Waals surface area (Å²) in [6, 6.07) is 2.05. The Morgan fingerprint density at radius 2 is 2.25 bits per heavy atom. The van der Waals surface area contributed by atoms with Crippen LogP contribution in [0.15, 0.2) is 22.5 Å². The summed E-state index contributed by atoms with van der Waals surface area (Å²) >= 11 is 7.88. The van der Waals surface area contributed by atoms with Gasteiger partial charge in [0.15, 0.2) is 5.13 Å². The molecule has 102 valence electrons. The molecule has 2 aromatic heterocycles. The highest BCUT2D eigenvalue weighted by Crippen LogP contribution is 2.29. The molecule has 3 rings (SSSR count). The Hall–Kier alpha value is -1.44. The number of aryl methyl sites for hydroxylation is 1. The van der Waals surface area contributed by atoms with Crippen molar-refractivity contribution < 1.29 is 4.79 Å². The number of nitrogens with one attached hydrogen (secondary N) is 1. The third-order valence-corrected chi connectivity index (χ3v) is 4.93. The quantitative estimate of drug-likeness (QED) is 0.682. The highest BCUT2D eigenvalue weighted by atomic mass is 32.2. The van der Waals surface area contributed by atoms with E-state index in [1.807, 2.05) is 25.3 Å². The molecule has 1 aliphatic rings. The van der Waals surface area contributed by atoms with E-state index in [1.54, 1.807) is 17.5 Å². The van der Waals surface area contributed by atoms with Crippen molar-refractivity contribution in [2.75, 3.05) is 0 Å². The van der Waals surface area contributed by atoms with E-state index in [9.17, 15) is 4.79 Å². The Kier molecular flexibility index (Phi) is 3.49. The number of hydrogen-bond acceptors (Lipinski definition) is 5. The molecule has 0 unspecified atom stereocenters. The summed E-state index contributed by atoms with van der Waals surface area (Å²) in [6.45, 7) is 4.06. The monoisotopic (exact) mass is 321 g/mol. The fourth-order valence-corrected chi connectivity index (χ4v) is 3.90. The Bertz CT molecular complexity index is 728. The number of carbonyl (C=O) groups excluding carboxylic acids is 1. The summed E-state index contributed by atoms with van der Waals surface area (Å²) in [7, 11) is 0. The van der Waals surface area contributed by atoms with Crippen LogP contribution in [0.5, 0.6) is 0 Å². The van der Waals surface area contributed by atoms with E-state index in [1.165, 1.54) is 11.8 Å². The van der Waals surface area contributed by atoms with E-state index in [0.717, 1.165) is 22.1 Å². The number of thiazole rings is 1. The number of rotatable bonds is 2. The molecule has 0 aliphatic carbocycles. The van der Waals surface area contributed by atoms with Gasteiger partial charge in [-0.2, -0.15) is 0 Å². The lowest BCUT2D eigenvalue weighted by molar-refractivity contribution is -0.115. The van der Waals surface area contributed by atoms with Crippen LogP contribution in [-0.4, -0.2) is 19.8 Å². The second-order valence-electron chi connectivity index (χ2n) is 4.33. The number of aromatic nitrogens is 2. The van der Waals surface area contributed by atoms with Gasteiger partial charge in [0.25, 0.3) is 5.91 Å². The van der Waals surface area contributed by atoms with Gasteiger partial charge in [0.2, 0.25) is 0 Å². The van der Waals surface area contributed by atoms with Crippen molar-refractivity contribution in [3.63, 3.8) is 0 Å². The van der Waals surface area contributed by atoms with Gasteiger partial charge in [-0.15, -0.1) is 11.3 Å². The first-order valence-corrected chi connectivity index (χ1v) is 8.00. The molecule has 0 radical (unpaired) electrons. The fourth-order valence-electron chi connectivity index (χ4n) is 2.12. The van der Waals surface area contributed by atoms with E-state index < -0.39 is 0 Å². The van der Waals surface area contributed by atoms with Crippen LogP contribution in [0.1, 0.15) is 17.0 Å². The summed E-state index contributed by atoms with van der Waals surface area (Å²) in [5.74, 6) is -0.126. The van der Waals surface area contributed by atoms with Crippen LogP contribution < -0.4 is 5.32 Å². The Morgan fingerprint density at radius 1 is 1.45 bits per heavy atom. The van der Waals surface area contributed by atoms with Crippen LogP contribution in [0, 0.1) is 13.8 Å². The minimum absolute atomic E-state index is 0.126. The Labute approximate surface area is 129 Å². The van der Waals surface area contributed by atoms with Crippen LogP contribution >= 0.6 is 35.3 Å². The molecule has 0 bridgehead atoms. The van der Waals surface area contributed by atoms with Gasteiger partial charge in [-0.05, 0) is 31.6 Å². The lowest BCUT2D eigenvalue weighted by Gasteiger charge is -2.04. The van der Waals surface area contributed by atoms with Gasteiger partial charge in [-0.25, -0.2) is 4.98 Å². The largest absolute Gasteiger partial charge is 0.307 e. The highest BCUT2D eigenvalue weighted by Gasteiger charge is 2.23. The number of nitrogens with zero attached hydrogens (tertiary/aromatic N) is 2. The van der Waals surface area contributed by atoms with Gasteiger partial charge in [0, 0.05) is 23.0 Å². The van der Waals surface area contributed by atoms with Crippen molar-refractivity contribution in [2.24, 2.45) is 0 Å². The van der Waals surface area contributed by atoms with Gasteiger partial charge in [-0.3, -0.25) is 9.36 Å². The van der Waals surface area contributed by atoms with Gasteiger partial charge >= 0.3 is 0 Å². The molecule has 7 heteroatoms. The zero-order valence-corrected chi connectivity index (χ0v) is 13.3. The van der Waals surface area contributed by atoms with Crippen LogP contribution in [0.4, 0.5) is 0 Å². The summed E-state index contributed by atoms with van der Waals surface area (Å²) < 4.78 is 2.60.